The molecule has 3 atom stereocenters. The monoisotopic (exact) mass is 557 g/mol. The lowest BCUT2D eigenvalue weighted by Gasteiger charge is -2.43. The molecule has 0 bridgehead atoms. The van der Waals surface area contributed by atoms with Crippen LogP contribution in [0.1, 0.15) is 40.5 Å². The van der Waals surface area contributed by atoms with Crippen molar-refractivity contribution in [3.05, 3.63) is 23.2 Å². The van der Waals surface area contributed by atoms with Crippen LogP contribution in [0.4, 0.5) is 11.5 Å². The number of thiophene rings is 1. The summed E-state index contributed by atoms with van der Waals surface area (Å²) in [5.41, 5.74) is 0.724. The number of nitrogens with zero attached hydrogens (tertiary/aromatic N) is 4. The standard InChI is InChI=1S/C23H35N5O3S4/c1-16-21(26-34(29)22(2,3)4)23(15-31-16)7-9-28(10-8-23)19-11-25-20(12-24-19)33-18-14-32-13-17(18)27-35(5,6)30/h11-14,16,21,26H,7-10,15H2,1-6H3/t16-,21+,34+/m0/s1. The minimum Gasteiger partial charge on any atom is -0.376 e. The molecule has 4 rings (SSSR count). The molecule has 194 valence electrons. The number of hydrogen-bond acceptors (Lipinski definition) is 9. The Labute approximate surface area is 219 Å². The lowest BCUT2D eigenvalue weighted by Crippen LogP contribution is -2.55. The van der Waals surface area contributed by atoms with E-state index in [1.54, 1.807) is 18.7 Å². The fourth-order valence-corrected chi connectivity index (χ4v) is 7.90. The average Bonchev–Trinajstić information content (AvgIpc) is 3.32. The van der Waals surface area contributed by atoms with Gasteiger partial charge in [-0.3, -0.25) is 0 Å². The van der Waals surface area contributed by atoms with Gasteiger partial charge in [0.15, 0.2) is 0 Å². The van der Waals surface area contributed by atoms with Gasteiger partial charge in [-0.1, -0.05) is 11.8 Å². The van der Waals surface area contributed by atoms with Gasteiger partial charge in [-0.25, -0.2) is 23.1 Å². The maximum Gasteiger partial charge on any atom is 0.147 e. The van der Waals surface area contributed by atoms with Crippen molar-refractivity contribution in [2.24, 2.45) is 9.78 Å². The predicted octanol–water partition coefficient (Wildman–Crippen LogP) is 4.47. The smallest absolute Gasteiger partial charge is 0.147 e. The van der Waals surface area contributed by atoms with Gasteiger partial charge in [0.1, 0.15) is 10.8 Å². The number of ether oxygens (including phenoxy) is 1. The van der Waals surface area contributed by atoms with Crippen LogP contribution in [0, 0.1) is 5.41 Å². The van der Waals surface area contributed by atoms with E-state index in [1.165, 1.54) is 23.1 Å². The molecule has 12 heteroatoms. The Morgan fingerprint density at radius 3 is 2.57 bits per heavy atom. The summed E-state index contributed by atoms with van der Waals surface area (Å²) in [4.78, 5) is 12.5. The zero-order valence-corrected chi connectivity index (χ0v) is 24.4. The van der Waals surface area contributed by atoms with Gasteiger partial charge in [-0.05, 0) is 40.5 Å². The summed E-state index contributed by atoms with van der Waals surface area (Å²) >= 11 is 3.02. The van der Waals surface area contributed by atoms with E-state index in [0.717, 1.165) is 47.4 Å². The first-order valence-electron chi connectivity index (χ1n) is 11.6. The van der Waals surface area contributed by atoms with Gasteiger partial charge in [-0.15, -0.1) is 11.3 Å². The molecule has 2 aromatic rings. The molecule has 0 aromatic carbocycles. The fourth-order valence-electron chi connectivity index (χ4n) is 4.43. The first-order chi connectivity index (χ1) is 16.4. The highest BCUT2D eigenvalue weighted by molar-refractivity contribution is 7.99. The molecule has 1 spiro atoms. The molecule has 2 saturated heterocycles. The van der Waals surface area contributed by atoms with Crippen molar-refractivity contribution in [2.45, 2.75) is 67.4 Å². The zero-order chi connectivity index (χ0) is 25.4. The van der Waals surface area contributed by atoms with Crippen LogP contribution in [0.2, 0.25) is 0 Å². The first kappa shape index (κ1) is 27.0. The molecule has 4 heterocycles. The van der Waals surface area contributed by atoms with Crippen LogP contribution in [0.25, 0.3) is 0 Å². The normalized spacial score (nSPS) is 23.5. The molecule has 0 unspecified atom stereocenters. The third-order valence-corrected chi connectivity index (χ3v) is 10.5. The van der Waals surface area contributed by atoms with Crippen LogP contribution in [0.3, 0.4) is 0 Å². The molecule has 2 fully saturated rings. The Kier molecular flexibility index (Phi) is 8.00. The molecule has 1 N–H and O–H groups in total. The quantitative estimate of drug-likeness (QED) is 0.560. The van der Waals surface area contributed by atoms with Gasteiger partial charge in [0.05, 0.1) is 57.5 Å². The summed E-state index contributed by atoms with van der Waals surface area (Å²) in [6.45, 7) is 10.5. The Balaban J connectivity index is 1.40. The van der Waals surface area contributed by atoms with Gasteiger partial charge in [0.25, 0.3) is 0 Å². The molecule has 35 heavy (non-hydrogen) atoms. The summed E-state index contributed by atoms with van der Waals surface area (Å²) in [5.74, 6) is 0.860. The second-order valence-corrected chi connectivity index (χ2v) is 16.9. The molecule has 2 aromatic heterocycles. The van der Waals surface area contributed by atoms with Crippen molar-refractivity contribution in [3.8, 4) is 0 Å². The topological polar surface area (TPSA) is 96.8 Å². The minimum absolute atomic E-state index is 0.0176. The van der Waals surface area contributed by atoms with Crippen molar-refractivity contribution >= 4 is 55.3 Å². The molecule has 2 aliphatic rings. The van der Waals surface area contributed by atoms with Gasteiger partial charge in [-0.2, -0.15) is 4.36 Å². The second kappa shape index (κ2) is 10.4. The maximum atomic E-state index is 12.8. The van der Waals surface area contributed by atoms with Crippen LogP contribution in [-0.4, -0.2) is 67.5 Å². The van der Waals surface area contributed by atoms with Crippen LogP contribution in [-0.2, 0) is 25.5 Å². The molecular weight excluding hydrogens is 523 g/mol. The minimum atomic E-state index is -2.22. The average molecular weight is 558 g/mol. The Morgan fingerprint density at radius 1 is 1.26 bits per heavy atom. The third kappa shape index (κ3) is 6.45. The maximum absolute atomic E-state index is 12.8. The van der Waals surface area contributed by atoms with Gasteiger partial charge in [0, 0.05) is 51.5 Å². The van der Waals surface area contributed by atoms with Crippen LogP contribution < -0.4 is 9.62 Å². The highest BCUT2D eigenvalue weighted by atomic mass is 32.2. The number of aromatic nitrogens is 2. The fraction of sp³-hybridized carbons (Fsp3) is 0.652. The summed E-state index contributed by atoms with van der Waals surface area (Å²) in [6.07, 6.45) is 8.81. The van der Waals surface area contributed by atoms with Gasteiger partial charge >= 0.3 is 0 Å². The van der Waals surface area contributed by atoms with Crippen LogP contribution >= 0.6 is 23.1 Å². The van der Waals surface area contributed by atoms with Crippen molar-refractivity contribution in [1.82, 2.24) is 14.7 Å². The van der Waals surface area contributed by atoms with E-state index in [9.17, 15) is 8.42 Å². The Hall–Kier alpha value is -1.05. The summed E-state index contributed by atoms with van der Waals surface area (Å²) < 4.78 is 38.4. The number of rotatable bonds is 6. The van der Waals surface area contributed by atoms with E-state index in [4.69, 9.17) is 4.74 Å². The second-order valence-electron chi connectivity index (χ2n) is 10.6. The molecule has 0 aliphatic carbocycles. The SMILES string of the molecule is C[C@@H]1OCC2(CCN(c3cnc(Sc4cscc4N=S(C)(C)=O)cn3)CC2)[C@@H]1N[S@](=O)C(C)(C)C. The largest absolute Gasteiger partial charge is 0.376 e. The number of hydrogen-bond donors (Lipinski definition) is 1. The lowest BCUT2D eigenvalue weighted by atomic mass is 9.73. The van der Waals surface area contributed by atoms with E-state index in [2.05, 4.69) is 30.9 Å². The highest BCUT2D eigenvalue weighted by Gasteiger charge is 2.50. The van der Waals surface area contributed by atoms with E-state index < -0.39 is 20.7 Å². The number of anilines is 1. The van der Waals surface area contributed by atoms with Crippen molar-refractivity contribution in [3.63, 3.8) is 0 Å². The van der Waals surface area contributed by atoms with Gasteiger partial charge < -0.3 is 9.64 Å². The van der Waals surface area contributed by atoms with E-state index in [1.807, 2.05) is 37.7 Å². The molecule has 2 aliphatic heterocycles. The Bertz CT molecular complexity index is 1170. The zero-order valence-electron chi connectivity index (χ0n) is 21.1. The summed E-state index contributed by atoms with van der Waals surface area (Å²) in [7, 11) is -3.35. The summed E-state index contributed by atoms with van der Waals surface area (Å²) in [5, 5.41) is 4.69. The van der Waals surface area contributed by atoms with Crippen molar-refractivity contribution in [1.29, 1.82) is 0 Å². The van der Waals surface area contributed by atoms with Crippen molar-refractivity contribution < 1.29 is 13.2 Å². The first-order valence-corrected chi connectivity index (χ1v) is 16.9. The van der Waals surface area contributed by atoms with Crippen molar-refractivity contribution in [2.75, 3.05) is 37.1 Å². The van der Waals surface area contributed by atoms with E-state index >= 15 is 0 Å². The molecule has 0 saturated carbocycles. The molecule has 8 nitrogen and oxygen atoms in total. The number of nitrogens with one attached hydrogen (secondary N) is 1. The van der Waals surface area contributed by atoms with E-state index in [0.29, 0.717) is 6.61 Å². The molecule has 0 radical (unpaired) electrons. The summed E-state index contributed by atoms with van der Waals surface area (Å²) in [6, 6.07) is 0.0701. The predicted molar refractivity (Wildman–Crippen MR) is 147 cm³/mol. The molecule has 0 amide bonds. The van der Waals surface area contributed by atoms with Gasteiger partial charge in [0.2, 0.25) is 0 Å². The van der Waals surface area contributed by atoms with Crippen LogP contribution in [0.5, 0.6) is 0 Å². The van der Waals surface area contributed by atoms with E-state index in [-0.39, 0.29) is 22.3 Å². The highest BCUT2D eigenvalue weighted by Crippen LogP contribution is 2.43. The Morgan fingerprint density at radius 2 is 1.97 bits per heavy atom. The number of piperidine rings is 1. The lowest BCUT2D eigenvalue weighted by molar-refractivity contribution is 0.0973. The van der Waals surface area contributed by atoms with Crippen LogP contribution in [0.15, 0.2) is 37.4 Å². The third-order valence-electron chi connectivity index (χ3n) is 6.39. The molecular formula is C23H35N5O3S4.